The topological polar surface area (TPSA) is 72.4 Å². The van der Waals surface area contributed by atoms with Crippen LogP contribution in [0, 0.1) is 0 Å². The van der Waals surface area contributed by atoms with Crippen molar-refractivity contribution in [2.24, 2.45) is 0 Å². The largest absolute Gasteiger partial charge is 0.497 e. The van der Waals surface area contributed by atoms with Gasteiger partial charge in [0, 0.05) is 50.2 Å². The average molecular weight is 409 g/mol. The molecule has 4 heterocycles. The van der Waals surface area contributed by atoms with Gasteiger partial charge in [-0.25, -0.2) is 4.79 Å². The molecule has 2 aromatic heterocycles. The van der Waals surface area contributed by atoms with E-state index in [1.807, 2.05) is 35.2 Å². The highest BCUT2D eigenvalue weighted by Crippen LogP contribution is 2.33. The van der Waals surface area contributed by atoms with Crippen molar-refractivity contribution >= 4 is 11.0 Å². The predicted octanol–water partition coefficient (Wildman–Crippen LogP) is 3.29. The molecule has 0 spiro atoms. The molecule has 1 aromatic carbocycles. The maximum atomic E-state index is 12.7. The smallest absolute Gasteiger partial charge is 0.326 e. The number of rotatable bonds is 4. The third-order valence-electron chi connectivity index (χ3n) is 6.64. The molecule has 5 rings (SSSR count). The van der Waals surface area contributed by atoms with E-state index in [2.05, 4.69) is 27.0 Å². The molecular formula is C23H28N4O3. The molecule has 0 aliphatic carbocycles. The zero-order chi connectivity index (χ0) is 20.5. The number of H-pyrrole nitrogens is 1. The minimum Gasteiger partial charge on any atom is -0.497 e. The standard InChI is InChI=1S/C23H28N4O3/c1-29-19-2-3-20-21(15-19)27(23(28)25-20)17-6-11-26(12-7-17)18-8-13-30-22(14-18)16-4-9-24-10-5-16/h2-5,9-10,15,17-18,22H,6-8,11-14H2,1H3,(H,25,28). The highest BCUT2D eigenvalue weighted by atomic mass is 16.5. The van der Waals surface area contributed by atoms with E-state index < -0.39 is 0 Å². The zero-order valence-corrected chi connectivity index (χ0v) is 17.3. The first-order chi connectivity index (χ1) is 14.7. The van der Waals surface area contributed by atoms with Gasteiger partial charge in [-0.15, -0.1) is 0 Å². The number of benzene rings is 1. The first-order valence-electron chi connectivity index (χ1n) is 10.8. The Hall–Kier alpha value is -2.64. The van der Waals surface area contributed by atoms with Gasteiger partial charge in [0.2, 0.25) is 0 Å². The summed E-state index contributed by atoms with van der Waals surface area (Å²) in [5, 5.41) is 0. The molecule has 2 unspecified atom stereocenters. The van der Waals surface area contributed by atoms with Crippen molar-refractivity contribution in [3.63, 3.8) is 0 Å². The molecule has 0 saturated carbocycles. The minimum absolute atomic E-state index is 0.0273. The van der Waals surface area contributed by atoms with E-state index in [-0.39, 0.29) is 17.8 Å². The van der Waals surface area contributed by atoms with E-state index >= 15 is 0 Å². The van der Waals surface area contributed by atoms with Gasteiger partial charge in [0.1, 0.15) is 5.75 Å². The number of fused-ring (bicyclic) bond motifs is 1. The number of imidazole rings is 1. The summed E-state index contributed by atoms with van der Waals surface area (Å²) in [5.41, 5.74) is 2.99. The number of likely N-dealkylation sites (tertiary alicyclic amines) is 1. The average Bonchev–Trinajstić information content (AvgIpc) is 3.14. The van der Waals surface area contributed by atoms with E-state index in [4.69, 9.17) is 9.47 Å². The number of piperidine rings is 1. The highest BCUT2D eigenvalue weighted by molar-refractivity contribution is 5.77. The zero-order valence-electron chi connectivity index (χ0n) is 17.3. The van der Waals surface area contributed by atoms with Crippen LogP contribution in [-0.4, -0.2) is 52.3 Å². The SMILES string of the molecule is COc1ccc2[nH]c(=O)n(C3CCN(C4CCOC(c5ccncc5)C4)CC3)c2c1. The van der Waals surface area contributed by atoms with Gasteiger partial charge in [0.15, 0.2) is 0 Å². The number of methoxy groups -OCH3 is 1. The molecule has 2 fully saturated rings. The Kier molecular flexibility index (Phi) is 5.31. The summed E-state index contributed by atoms with van der Waals surface area (Å²) in [4.78, 5) is 22.4. The number of hydrogen-bond donors (Lipinski definition) is 1. The summed E-state index contributed by atoms with van der Waals surface area (Å²) in [5.74, 6) is 0.775. The first kappa shape index (κ1) is 19.3. The van der Waals surface area contributed by atoms with E-state index in [0.29, 0.717) is 6.04 Å². The first-order valence-corrected chi connectivity index (χ1v) is 10.8. The summed E-state index contributed by atoms with van der Waals surface area (Å²) in [6, 6.07) is 10.6. The van der Waals surface area contributed by atoms with Crippen molar-refractivity contribution < 1.29 is 9.47 Å². The number of hydrogen-bond acceptors (Lipinski definition) is 5. The number of nitrogens with zero attached hydrogens (tertiary/aromatic N) is 3. The molecule has 1 N–H and O–H groups in total. The van der Waals surface area contributed by atoms with E-state index in [1.54, 1.807) is 7.11 Å². The number of ether oxygens (including phenoxy) is 2. The maximum absolute atomic E-state index is 12.7. The second kappa shape index (κ2) is 8.24. The Balaban J connectivity index is 1.28. The second-order valence-electron chi connectivity index (χ2n) is 8.27. The van der Waals surface area contributed by atoms with Crippen molar-refractivity contribution in [3.05, 3.63) is 58.8 Å². The molecule has 0 bridgehead atoms. The van der Waals surface area contributed by atoms with E-state index in [0.717, 1.165) is 62.2 Å². The van der Waals surface area contributed by atoms with Crippen molar-refractivity contribution in [1.29, 1.82) is 0 Å². The lowest BCUT2D eigenvalue weighted by Gasteiger charge is -2.41. The Morgan fingerprint density at radius 2 is 1.90 bits per heavy atom. The van der Waals surface area contributed by atoms with Crippen molar-refractivity contribution in [2.45, 2.75) is 43.9 Å². The molecule has 0 radical (unpaired) electrons. The Bertz CT molecular complexity index is 1050. The molecule has 2 saturated heterocycles. The fraction of sp³-hybridized carbons (Fsp3) is 0.478. The van der Waals surface area contributed by atoms with Crippen molar-refractivity contribution in [3.8, 4) is 5.75 Å². The lowest BCUT2D eigenvalue weighted by molar-refractivity contribution is -0.0346. The quantitative estimate of drug-likeness (QED) is 0.717. The van der Waals surface area contributed by atoms with Crippen molar-refractivity contribution in [1.82, 2.24) is 19.4 Å². The summed E-state index contributed by atoms with van der Waals surface area (Å²) in [6.45, 7) is 2.79. The third kappa shape index (κ3) is 3.63. The van der Waals surface area contributed by atoms with Gasteiger partial charge in [-0.1, -0.05) is 0 Å². The van der Waals surface area contributed by atoms with Crippen LogP contribution in [0.2, 0.25) is 0 Å². The van der Waals surface area contributed by atoms with Gasteiger partial charge >= 0.3 is 5.69 Å². The summed E-state index contributed by atoms with van der Waals surface area (Å²) < 4.78 is 13.3. The normalized spacial score (nSPS) is 23.6. The van der Waals surface area contributed by atoms with Crippen LogP contribution in [0.1, 0.15) is 43.4 Å². The Morgan fingerprint density at radius 3 is 2.67 bits per heavy atom. The Labute approximate surface area is 175 Å². The summed E-state index contributed by atoms with van der Waals surface area (Å²) in [6.07, 6.45) is 7.84. The lowest BCUT2D eigenvalue weighted by atomic mass is 9.94. The molecule has 2 atom stereocenters. The number of pyridine rings is 1. The van der Waals surface area contributed by atoms with Crippen LogP contribution in [0.5, 0.6) is 5.75 Å². The fourth-order valence-electron chi connectivity index (χ4n) is 5.02. The molecule has 7 nitrogen and oxygen atoms in total. The van der Waals surface area contributed by atoms with Crippen LogP contribution in [0.4, 0.5) is 0 Å². The Morgan fingerprint density at radius 1 is 1.10 bits per heavy atom. The van der Waals surface area contributed by atoms with Gasteiger partial charge in [-0.05, 0) is 55.5 Å². The number of aromatic amines is 1. The highest BCUT2D eigenvalue weighted by Gasteiger charge is 2.32. The third-order valence-corrected chi connectivity index (χ3v) is 6.64. The van der Waals surface area contributed by atoms with Crippen LogP contribution in [0.25, 0.3) is 11.0 Å². The van der Waals surface area contributed by atoms with Crippen LogP contribution in [0.15, 0.2) is 47.5 Å². The molecule has 2 aliphatic heterocycles. The molecule has 3 aromatic rings. The molecular weight excluding hydrogens is 380 g/mol. The summed E-state index contributed by atoms with van der Waals surface area (Å²) >= 11 is 0. The van der Waals surface area contributed by atoms with Gasteiger partial charge in [-0.2, -0.15) is 0 Å². The molecule has 0 amide bonds. The van der Waals surface area contributed by atoms with Crippen LogP contribution < -0.4 is 10.4 Å². The van der Waals surface area contributed by atoms with Gasteiger partial charge in [0.25, 0.3) is 0 Å². The monoisotopic (exact) mass is 408 g/mol. The van der Waals surface area contributed by atoms with Crippen molar-refractivity contribution in [2.75, 3.05) is 26.8 Å². The molecule has 158 valence electrons. The van der Waals surface area contributed by atoms with Crippen LogP contribution in [0.3, 0.4) is 0 Å². The van der Waals surface area contributed by atoms with Gasteiger partial charge < -0.3 is 19.4 Å². The van der Waals surface area contributed by atoms with Crippen LogP contribution in [-0.2, 0) is 4.74 Å². The molecule has 2 aliphatic rings. The minimum atomic E-state index is -0.0273. The lowest BCUT2D eigenvalue weighted by Crippen LogP contribution is -2.45. The molecule has 7 heteroatoms. The number of aromatic nitrogens is 3. The van der Waals surface area contributed by atoms with E-state index in [1.165, 1.54) is 5.56 Å². The van der Waals surface area contributed by atoms with Gasteiger partial charge in [-0.3, -0.25) is 9.55 Å². The second-order valence-corrected chi connectivity index (χ2v) is 8.27. The summed E-state index contributed by atoms with van der Waals surface area (Å²) in [7, 11) is 1.65. The maximum Gasteiger partial charge on any atom is 0.326 e. The fourth-order valence-corrected chi connectivity index (χ4v) is 5.02. The molecule has 30 heavy (non-hydrogen) atoms. The predicted molar refractivity (Wildman–Crippen MR) is 115 cm³/mol. The van der Waals surface area contributed by atoms with Gasteiger partial charge in [0.05, 0.1) is 24.2 Å². The van der Waals surface area contributed by atoms with E-state index in [9.17, 15) is 4.79 Å². The van der Waals surface area contributed by atoms with Crippen LogP contribution >= 0.6 is 0 Å². The number of nitrogens with one attached hydrogen (secondary N) is 1.